The van der Waals surface area contributed by atoms with E-state index in [2.05, 4.69) is 9.80 Å². The highest BCUT2D eigenvalue weighted by Gasteiger charge is 2.19. The predicted molar refractivity (Wildman–Crippen MR) is 145 cm³/mol. The number of fused-ring (bicyclic) bond motifs is 1. The zero-order chi connectivity index (χ0) is 25.7. The summed E-state index contributed by atoms with van der Waals surface area (Å²) in [6, 6.07) is 14.6. The number of aromatic nitrogens is 1. The van der Waals surface area contributed by atoms with Crippen LogP contribution in [-0.4, -0.2) is 54.8 Å². The molecule has 2 aromatic carbocycles. The van der Waals surface area contributed by atoms with Gasteiger partial charge in [0.1, 0.15) is 5.75 Å². The Morgan fingerprint density at radius 3 is 2.53 bits per heavy atom. The maximum absolute atomic E-state index is 12.5. The topological polar surface area (TPSA) is 64.0 Å². The first-order chi connectivity index (χ1) is 17.3. The summed E-state index contributed by atoms with van der Waals surface area (Å²) in [5.74, 6) is 0.248. The fourth-order valence-electron chi connectivity index (χ4n) is 4.57. The number of ether oxygens (including phenoxy) is 2. The number of halogens is 2. The zero-order valence-electron chi connectivity index (χ0n) is 20.6. The Hall–Kier alpha value is -2.74. The molecule has 192 valence electrons. The molecule has 1 atom stereocenters. The van der Waals surface area contributed by atoms with E-state index in [0.29, 0.717) is 27.9 Å². The number of pyridine rings is 1. The van der Waals surface area contributed by atoms with Gasteiger partial charge in [0, 0.05) is 45.2 Å². The number of anilines is 1. The molecule has 0 spiro atoms. The van der Waals surface area contributed by atoms with Gasteiger partial charge in [-0.15, -0.1) is 0 Å². The Kier molecular flexibility index (Phi) is 8.77. The number of hydrogen-bond donors (Lipinski definition) is 0. The molecule has 3 aromatic rings. The Labute approximate surface area is 221 Å². The van der Waals surface area contributed by atoms with Crippen LogP contribution in [-0.2, 0) is 9.53 Å². The van der Waals surface area contributed by atoms with Gasteiger partial charge in [-0.3, -0.25) is 19.1 Å². The lowest BCUT2D eigenvalue weighted by Crippen LogP contribution is -2.46. The van der Waals surface area contributed by atoms with Crippen LogP contribution in [0.3, 0.4) is 0 Å². The average Bonchev–Trinajstić information content (AvgIpc) is 2.85. The molecule has 1 aliphatic heterocycles. The van der Waals surface area contributed by atoms with Gasteiger partial charge >= 0.3 is 5.97 Å². The average molecular weight is 532 g/mol. The van der Waals surface area contributed by atoms with Crippen molar-refractivity contribution < 1.29 is 14.3 Å². The highest BCUT2D eigenvalue weighted by Crippen LogP contribution is 2.33. The summed E-state index contributed by atoms with van der Waals surface area (Å²) in [7, 11) is 0. The molecule has 0 radical (unpaired) electrons. The lowest BCUT2D eigenvalue weighted by Gasteiger charge is -2.36. The molecule has 1 aromatic heterocycles. The molecule has 1 unspecified atom stereocenters. The fraction of sp³-hybridized carbons (Fsp3) is 0.407. The number of esters is 1. The molecule has 0 aliphatic carbocycles. The van der Waals surface area contributed by atoms with Gasteiger partial charge in [0.05, 0.1) is 27.9 Å². The van der Waals surface area contributed by atoms with E-state index in [1.54, 1.807) is 13.0 Å². The summed E-state index contributed by atoms with van der Waals surface area (Å²) in [5, 5.41) is 2.08. The minimum atomic E-state index is -0.704. The maximum Gasteiger partial charge on any atom is 0.304 e. The van der Waals surface area contributed by atoms with Crippen molar-refractivity contribution >= 4 is 45.8 Å². The van der Waals surface area contributed by atoms with E-state index in [-0.39, 0.29) is 5.56 Å². The molecular weight excluding hydrogens is 501 g/mol. The van der Waals surface area contributed by atoms with Gasteiger partial charge in [-0.2, -0.15) is 0 Å². The van der Waals surface area contributed by atoms with E-state index in [1.807, 2.05) is 36.4 Å². The number of rotatable bonds is 9. The van der Waals surface area contributed by atoms with Crippen LogP contribution < -0.4 is 15.2 Å². The van der Waals surface area contributed by atoms with Gasteiger partial charge in [0.25, 0.3) is 5.56 Å². The van der Waals surface area contributed by atoms with Crippen molar-refractivity contribution in [1.29, 1.82) is 0 Å². The first kappa shape index (κ1) is 26.3. The molecule has 9 heteroatoms. The van der Waals surface area contributed by atoms with Crippen molar-refractivity contribution in [2.24, 2.45) is 0 Å². The first-order valence-electron chi connectivity index (χ1n) is 12.2. The third-order valence-corrected chi connectivity index (χ3v) is 7.19. The van der Waals surface area contributed by atoms with Gasteiger partial charge in [-0.1, -0.05) is 29.3 Å². The second kappa shape index (κ2) is 12.0. The highest BCUT2D eigenvalue weighted by molar-refractivity contribution is 6.43. The molecular formula is C27H31Cl2N3O4. The monoisotopic (exact) mass is 531 g/mol. The molecule has 0 saturated carbocycles. The summed E-state index contributed by atoms with van der Waals surface area (Å²) in [6.45, 7) is 8.40. The van der Waals surface area contributed by atoms with Crippen LogP contribution >= 0.6 is 23.2 Å². The van der Waals surface area contributed by atoms with Crippen molar-refractivity contribution in [3.63, 3.8) is 0 Å². The molecule has 0 N–H and O–H groups in total. The molecule has 0 bridgehead atoms. The summed E-state index contributed by atoms with van der Waals surface area (Å²) in [5.41, 5.74) is 1.44. The number of benzene rings is 2. The lowest BCUT2D eigenvalue weighted by molar-refractivity contribution is -0.149. The molecule has 7 nitrogen and oxygen atoms in total. The van der Waals surface area contributed by atoms with E-state index in [9.17, 15) is 9.59 Å². The first-order valence-corrected chi connectivity index (χ1v) is 13.0. The molecule has 0 amide bonds. The van der Waals surface area contributed by atoms with Gasteiger partial charge in [0.2, 0.25) is 0 Å². The standard InChI is InChI=1S/C27H31Cl2N3O4/c1-19(36-20(2)33)32-25-18-22(10-8-21(25)9-11-26(32)34)35-17-4-3-12-30-13-15-31(16-14-30)24-7-5-6-23(28)27(24)29/h5-11,18-19H,3-4,12-17H2,1-2H3. The van der Waals surface area contributed by atoms with Crippen LogP contribution in [0, 0.1) is 0 Å². The number of carbonyl (C=O) groups excluding carboxylic acids is 1. The second-order valence-corrected chi connectivity index (χ2v) is 9.71. The summed E-state index contributed by atoms with van der Waals surface area (Å²) >= 11 is 12.5. The van der Waals surface area contributed by atoms with Crippen molar-refractivity contribution in [1.82, 2.24) is 9.47 Å². The van der Waals surface area contributed by atoms with Crippen LogP contribution in [0.4, 0.5) is 5.69 Å². The van der Waals surface area contributed by atoms with Crippen LogP contribution in [0.1, 0.15) is 32.9 Å². The molecule has 1 saturated heterocycles. The number of unbranched alkanes of at least 4 members (excludes halogenated alkanes) is 1. The van der Waals surface area contributed by atoms with Gasteiger partial charge in [-0.05, 0) is 62.0 Å². The predicted octanol–water partition coefficient (Wildman–Crippen LogP) is 5.37. The van der Waals surface area contributed by atoms with E-state index in [1.165, 1.54) is 17.6 Å². The van der Waals surface area contributed by atoms with Crippen molar-refractivity contribution in [2.75, 3.05) is 44.2 Å². The normalized spacial score (nSPS) is 15.2. The molecule has 1 fully saturated rings. The summed E-state index contributed by atoms with van der Waals surface area (Å²) < 4.78 is 12.7. The molecule has 36 heavy (non-hydrogen) atoms. The van der Waals surface area contributed by atoms with Gasteiger partial charge in [-0.25, -0.2) is 0 Å². The minimum Gasteiger partial charge on any atom is -0.494 e. The van der Waals surface area contributed by atoms with Crippen molar-refractivity contribution in [3.8, 4) is 5.75 Å². The van der Waals surface area contributed by atoms with Crippen molar-refractivity contribution in [2.45, 2.75) is 32.9 Å². The van der Waals surface area contributed by atoms with Crippen LogP contribution in [0.2, 0.25) is 10.0 Å². The lowest BCUT2D eigenvalue weighted by atomic mass is 10.2. The number of hydrogen-bond acceptors (Lipinski definition) is 6. The third-order valence-electron chi connectivity index (χ3n) is 6.39. The highest BCUT2D eigenvalue weighted by atomic mass is 35.5. The fourth-order valence-corrected chi connectivity index (χ4v) is 4.98. The third kappa shape index (κ3) is 6.33. The Morgan fingerprint density at radius 1 is 1.03 bits per heavy atom. The second-order valence-electron chi connectivity index (χ2n) is 8.93. The van der Waals surface area contributed by atoms with E-state index in [0.717, 1.165) is 56.6 Å². The Morgan fingerprint density at radius 2 is 1.78 bits per heavy atom. The van der Waals surface area contributed by atoms with E-state index in [4.69, 9.17) is 32.7 Å². The number of nitrogens with zero attached hydrogens (tertiary/aromatic N) is 3. The molecule has 1 aliphatic rings. The Bertz CT molecular complexity index is 1270. The van der Waals surface area contributed by atoms with Gasteiger partial charge in [0.15, 0.2) is 6.23 Å². The summed E-state index contributed by atoms with van der Waals surface area (Å²) in [4.78, 5) is 28.6. The van der Waals surface area contributed by atoms with Crippen LogP contribution in [0.5, 0.6) is 5.75 Å². The van der Waals surface area contributed by atoms with Crippen molar-refractivity contribution in [3.05, 3.63) is 68.9 Å². The zero-order valence-corrected chi connectivity index (χ0v) is 22.1. The largest absolute Gasteiger partial charge is 0.494 e. The molecule has 2 heterocycles. The quantitative estimate of drug-likeness (QED) is 0.273. The smallest absolute Gasteiger partial charge is 0.304 e. The summed E-state index contributed by atoms with van der Waals surface area (Å²) in [6.07, 6.45) is 1.24. The maximum atomic E-state index is 12.5. The Balaban J connectivity index is 1.26. The number of piperazine rings is 1. The number of carbonyl (C=O) groups is 1. The minimum absolute atomic E-state index is 0.230. The van der Waals surface area contributed by atoms with Gasteiger partial charge < -0.3 is 14.4 Å². The van der Waals surface area contributed by atoms with Crippen LogP contribution in [0.25, 0.3) is 10.9 Å². The van der Waals surface area contributed by atoms with Crippen LogP contribution in [0.15, 0.2) is 53.3 Å². The molecule has 4 rings (SSSR count). The SMILES string of the molecule is CC(=O)OC(C)n1c(=O)ccc2ccc(OCCCCN3CCN(c4cccc(Cl)c4Cl)CC3)cc21. The van der Waals surface area contributed by atoms with E-state index < -0.39 is 12.2 Å². The van der Waals surface area contributed by atoms with E-state index >= 15 is 0 Å².